The number of hydrogen-bond donors (Lipinski definition) is 1. The van der Waals surface area contributed by atoms with Crippen LogP contribution in [0, 0.1) is 5.92 Å². The van der Waals surface area contributed by atoms with Crippen molar-refractivity contribution in [3.63, 3.8) is 0 Å². The van der Waals surface area contributed by atoms with Crippen LogP contribution in [0.5, 0.6) is 5.75 Å². The Kier molecular flexibility index (Phi) is 8.84. The largest absolute Gasteiger partial charge is 0.496 e. The second-order valence-electron chi connectivity index (χ2n) is 6.10. The first-order valence-corrected chi connectivity index (χ1v) is 8.11. The van der Waals surface area contributed by atoms with Crippen LogP contribution in [-0.2, 0) is 11.3 Å². The third-order valence-corrected chi connectivity index (χ3v) is 4.68. The van der Waals surface area contributed by atoms with Crippen LogP contribution < -0.4 is 10.1 Å². The van der Waals surface area contributed by atoms with Gasteiger partial charge in [0.2, 0.25) is 5.91 Å². The fourth-order valence-electron chi connectivity index (χ4n) is 3.32. The van der Waals surface area contributed by atoms with Crippen molar-refractivity contribution < 1.29 is 9.53 Å². The van der Waals surface area contributed by atoms with Crippen molar-refractivity contribution in [2.75, 3.05) is 46.4 Å². The molecule has 0 radical (unpaired) electrons. The lowest BCUT2D eigenvalue weighted by Crippen LogP contribution is -2.50. The van der Waals surface area contributed by atoms with Crippen LogP contribution in [0.1, 0.15) is 12.0 Å². The van der Waals surface area contributed by atoms with Crippen molar-refractivity contribution >= 4 is 30.7 Å². The highest BCUT2D eigenvalue weighted by atomic mass is 35.5. The highest BCUT2D eigenvalue weighted by Crippen LogP contribution is 2.20. The fourth-order valence-corrected chi connectivity index (χ4v) is 3.32. The minimum absolute atomic E-state index is 0. The van der Waals surface area contributed by atoms with Gasteiger partial charge in [-0.25, -0.2) is 0 Å². The molecule has 5 nitrogen and oxygen atoms in total. The molecule has 3 rings (SSSR count). The Bertz CT molecular complexity index is 516. The average Bonchev–Trinajstić information content (AvgIpc) is 3.10. The number of carbonyl (C=O) groups excluding carboxylic acids is 1. The van der Waals surface area contributed by atoms with E-state index in [4.69, 9.17) is 4.74 Å². The van der Waals surface area contributed by atoms with Crippen LogP contribution in [0.4, 0.5) is 0 Å². The third kappa shape index (κ3) is 4.99. The number of nitrogens with one attached hydrogen (secondary N) is 1. The van der Waals surface area contributed by atoms with Crippen LogP contribution in [-0.4, -0.2) is 62.1 Å². The Morgan fingerprint density at radius 3 is 2.54 bits per heavy atom. The molecule has 24 heavy (non-hydrogen) atoms. The number of hydrogen-bond acceptors (Lipinski definition) is 4. The number of nitrogens with zero attached hydrogens (tertiary/aromatic N) is 2. The van der Waals surface area contributed by atoms with Crippen LogP contribution >= 0.6 is 24.8 Å². The van der Waals surface area contributed by atoms with Gasteiger partial charge in [0.1, 0.15) is 5.75 Å². The van der Waals surface area contributed by atoms with Crippen molar-refractivity contribution in [1.82, 2.24) is 15.1 Å². The zero-order valence-electron chi connectivity index (χ0n) is 14.1. The summed E-state index contributed by atoms with van der Waals surface area (Å²) in [6.07, 6.45) is 0.986. The summed E-state index contributed by atoms with van der Waals surface area (Å²) >= 11 is 0. The van der Waals surface area contributed by atoms with Gasteiger partial charge in [0.25, 0.3) is 0 Å². The normalized spacial score (nSPS) is 20.9. The predicted octanol–water partition coefficient (Wildman–Crippen LogP) is 1.79. The standard InChI is InChI=1S/C17H25N3O2.2ClH/c1-22-16-5-3-2-4-15(16)13-19-8-10-20(11-9-19)17(21)14-6-7-18-12-14;;/h2-5,14,18H,6-13H2,1H3;2*1H. The fraction of sp³-hybridized carbons (Fsp3) is 0.588. The monoisotopic (exact) mass is 375 g/mol. The van der Waals surface area contributed by atoms with Crippen LogP contribution in [0.2, 0.25) is 0 Å². The van der Waals surface area contributed by atoms with E-state index in [0.29, 0.717) is 5.91 Å². The molecule has 0 aromatic heterocycles. The van der Waals surface area contributed by atoms with Crippen LogP contribution in [0.25, 0.3) is 0 Å². The molecule has 1 unspecified atom stereocenters. The van der Waals surface area contributed by atoms with Crippen molar-refractivity contribution in [1.29, 1.82) is 0 Å². The lowest BCUT2D eigenvalue weighted by molar-refractivity contribution is -0.136. The summed E-state index contributed by atoms with van der Waals surface area (Å²) in [7, 11) is 1.71. The molecular formula is C17H27Cl2N3O2. The van der Waals surface area contributed by atoms with Gasteiger partial charge in [0.05, 0.1) is 13.0 Å². The molecule has 0 saturated carbocycles. The molecule has 1 atom stereocenters. The Morgan fingerprint density at radius 2 is 1.92 bits per heavy atom. The zero-order chi connectivity index (χ0) is 15.4. The molecule has 0 aliphatic carbocycles. The van der Waals surface area contributed by atoms with E-state index in [1.807, 2.05) is 23.1 Å². The molecule has 0 bridgehead atoms. The van der Waals surface area contributed by atoms with Crippen LogP contribution in [0.15, 0.2) is 24.3 Å². The summed E-state index contributed by atoms with van der Waals surface area (Å²) in [5, 5.41) is 3.27. The number of methoxy groups -OCH3 is 1. The first-order valence-electron chi connectivity index (χ1n) is 8.11. The summed E-state index contributed by atoms with van der Waals surface area (Å²) < 4.78 is 5.42. The summed E-state index contributed by atoms with van der Waals surface area (Å²) in [4.78, 5) is 16.8. The van der Waals surface area contributed by atoms with E-state index in [-0.39, 0.29) is 30.7 Å². The van der Waals surface area contributed by atoms with E-state index in [1.54, 1.807) is 7.11 Å². The lowest BCUT2D eigenvalue weighted by Gasteiger charge is -2.36. The molecule has 2 fully saturated rings. The molecule has 1 aromatic carbocycles. The van der Waals surface area contributed by atoms with E-state index in [9.17, 15) is 4.79 Å². The number of rotatable bonds is 4. The Hall–Kier alpha value is -1.01. The predicted molar refractivity (Wildman–Crippen MR) is 100 cm³/mol. The number of amides is 1. The molecule has 1 amide bonds. The maximum Gasteiger partial charge on any atom is 0.227 e. The van der Waals surface area contributed by atoms with Gasteiger partial charge in [-0.1, -0.05) is 18.2 Å². The Labute approximate surface area is 156 Å². The quantitative estimate of drug-likeness (QED) is 0.871. The molecule has 0 spiro atoms. The van der Waals surface area contributed by atoms with E-state index in [2.05, 4.69) is 16.3 Å². The maximum atomic E-state index is 12.4. The van der Waals surface area contributed by atoms with Crippen molar-refractivity contribution in [2.24, 2.45) is 5.92 Å². The van der Waals surface area contributed by atoms with Crippen LogP contribution in [0.3, 0.4) is 0 Å². The molecule has 1 aromatic rings. The number of para-hydroxylation sites is 1. The first kappa shape index (κ1) is 21.0. The SMILES string of the molecule is COc1ccccc1CN1CCN(C(=O)C2CCNC2)CC1.Cl.Cl. The number of piperazine rings is 1. The molecular weight excluding hydrogens is 349 g/mol. The van der Waals surface area contributed by atoms with Gasteiger partial charge in [-0.15, -0.1) is 24.8 Å². The molecule has 2 saturated heterocycles. The first-order chi connectivity index (χ1) is 10.8. The summed E-state index contributed by atoms with van der Waals surface area (Å²) in [6, 6.07) is 8.15. The highest BCUT2D eigenvalue weighted by molar-refractivity contribution is 5.85. The summed E-state index contributed by atoms with van der Waals surface area (Å²) in [5.74, 6) is 1.47. The van der Waals surface area contributed by atoms with Crippen molar-refractivity contribution in [3.05, 3.63) is 29.8 Å². The molecule has 136 valence electrons. The van der Waals surface area contributed by atoms with Gasteiger partial charge in [0.15, 0.2) is 0 Å². The second-order valence-corrected chi connectivity index (χ2v) is 6.10. The Balaban J connectivity index is 0.00000144. The van der Waals surface area contributed by atoms with Gasteiger partial charge < -0.3 is 15.0 Å². The molecule has 2 aliphatic rings. The highest BCUT2D eigenvalue weighted by Gasteiger charge is 2.29. The van der Waals surface area contributed by atoms with Crippen molar-refractivity contribution in [2.45, 2.75) is 13.0 Å². The minimum atomic E-state index is 0. The number of ether oxygens (including phenoxy) is 1. The lowest BCUT2D eigenvalue weighted by atomic mass is 10.1. The van der Waals surface area contributed by atoms with E-state index in [0.717, 1.165) is 58.0 Å². The van der Waals surface area contributed by atoms with E-state index in [1.165, 1.54) is 5.56 Å². The van der Waals surface area contributed by atoms with Gasteiger partial charge in [-0.05, 0) is 19.0 Å². The maximum absolute atomic E-state index is 12.4. The van der Waals surface area contributed by atoms with E-state index < -0.39 is 0 Å². The third-order valence-electron chi connectivity index (χ3n) is 4.68. The molecule has 2 heterocycles. The van der Waals surface area contributed by atoms with Gasteiger partial charge in [0, 0.05) is 44.8 Å². The number of halogens is 2. The zero-order valence-corrected chi connectivity index (χ0v) is 15.7. The topological polar surface area (TPSA) is 44.8 Å². The minimum Gasteiger partial charge on any atom is -0.496 e. The number of benzene rings is 1. The molecule has 7 heteroatoms. The average molecular weight is 376 g/mol. The van der Waals surface area contributed by atoms with Gasteiger partial charge in [-0.3, -0.25) is 9.69 Å². The smallest absolute Gasteiger partial charge is 0.227 e. The Morgan fingerprint density at radius 1 is 1.21 bits per heavy atom. The summed E-state index contributed by atoms with van der Waals surface area (Å²) in [6.45, 7) is 6.25. The van der Waals surface area contributed by atoms with Crippen molar-refractivity contribution in [3.8, 4) is 5.75 Å². The van der Waals surface area contributed by atoms with E-state index >= 15 is 0 Å². The van der Waals surface area contributed by atoms with Gasteiger partial charge >= 0.3 is 0 Å². The molecule has 2 aliphatic heterocycles. The number of carbonyl (C=O) groups is 1. The molecule has 1 N–H and O–H groups in total. The summed E-state index contributed by atoms with van der Waals surface area (Å²) in [5.41, 5.74) is 1.21. The van der Waals surface area contributed by atoms with Gasteiger partial charge in [-0.2, -0.15) is 0 Å². The second kappa shape index (κ2) is 10.1.